The van der Waals surface area contributed by atoms with Crippen molar-refractivity contribution >= 4 is 60.9 Å². The maximum absolute atomic E-state index is 5.22. The van der Waals surface area contributed by atoms with Gasteiger partial charge in [0.05, 0.1) is 0 Å². The summed E-state index contributed by atoms with van der Waals surface area (Å²) in [4.78, 5) is 0. The van der Waals surface area contributed by atoms with Gasteiger partial charge < -0.3 is 13.3 Å². The summed E-state index contributed by atoms with van der Waals surface area (Å²) in [5.41, 5.74) is 0. The first-order chi connectivity index (χ1) is 4.85. The van der Waals surface area contributed by atoms with Crippen LogP contribution in [0.4, 0.5) is 0 Å². The molecule has 0 saturated carbocycles. The van der Waals surface area contributed by atoms with Crippen LogP contribution >= 0.6 is 0 Å². The van der Waals surface area contributed by atoms with E-state index in [2.05, 4.69) is 0 Å². The predicted molar refractivity (Wildman–Crippen MR) is 49.2 cm³/mol. The van der Waals surface area contributed by atoms with Gasteiger partial charge in [-0.15, -0.1) is 0 Å². The van der Waals surface area contributed by atoms with Gasteiger partial charge >= 0.3 is 60.9 Å². The Morgan fingerprint density at radius 1 is 0.818 bits per heavy atom. The zero-order valence-corrected chi connectivity index (χ0v) is 8.08. The summed E-state index contributed by atoms with van der Waals surface area (Å²) in [6.45, 7) is 7.86. The molecule has 0 aromatic heterocycles. The monoisotopic (exact) mass is 204 g/mol. The van der Waals surface area contributed by atoms with Crippen LogP contribution in [0, 0.1) is 0 Å². The van der Waals surface area contributed by atoms with E-state index in [1.807, 2.05) is 20.8 Å². The molecular formula is C6H17KO3Si. The normalized spacial score (nSPS) is 9.82. The van der Waals surface area contributed by atoms with Gasteiger partial charge in [0.25, 0.3) is 0 Å². The van der Waals surface area contributed by atoms with Crippen LogP contribution in [0.15, 0.2) is 0 Å². The average Bonchev–Trinajstić information content (AvgIpc) is 1.90. The van der Waals surface area contributed by atoms with Crippen LogP contribution in [0.5, 0.6) is 0 Å². The molecule has 0 saturated heterocycles. The molecule has 0 N–H and O–H groups in total. The second-order valence-electron chi connectivity index (χ2n) is 1.65. The second kappa shape index (κ2) is 11.7. The zero-order chi connectivity index (χ0) is 7.82. The summed E-state index contributed by atoms with van der Waals surface area (Å²) in [5, 5.41) is 0. The first-order valence-corrected chi connectivity index (χ1v) is 5.11. The number of hydrogen-bond acceptors (Lipinski definition) is 3. The number of hydrogen-bond donors (Lipinski definition) is 0. The zero-order valence-electron chi connectivity index (χ0n) is 6.92. The Hall–Kier alpha value is 1.73. The minimum absolute atomic E-state index is 0. The van der Waals surface area contributed by atoms with Gasteiger partial charge in [-0.25, -0.2) is 0 Å². The molecule has 0 atom stereocenters. The van der Waals surface area contributed by atoms with Gasteiger partial charge in [-0.1, -0.05) is 0 Å². The molecule has 0 unspecified atom stereocenters. The molecule has 0 aliphatic carbocycles. The van der Waals surface area contributed by atoms with Crippen LogP contribution in [-0.4, -0.2) is 80.7 Å². The molecule has 0 aliphatic rings. The van der Waals surface area contributed by atoms with Crippen molar-refractivity contribution in [2.45, 2.75) is 20.8 Å². The Labute approximate surface area is 113 Å². The molecule has 11 heavy (non-hydrogen) atoms. The third-order valence-corrected chi connectivity index (χ3v) is 2.72. The van der Waals surface area contributed by atoms with E-state index in [1.54, 1.807) is 0 Å². The third kappa shape index (κ3) is 9.65. The quantitative estimate of drug-likeness (QED) is 0.577. The van der Waals surface area contributed by atoms with Crippen LogP contribution in [0.2, 0.25) is 0 Å². The topological polar surface area (TPSA) is 27.7 Å². The van der Waals surface area contributed by atoms with E-state index in [0.717, 1.165) is 0 Å². The summed E-state index contributed by atoms with van der Waals surface area (Å²) in [6.07, 6.45) is 0. The molecule has 0 heterocycles. The van der Waals surface area contributed by atoms with E-state index < -0.39 is 9.53 Å². The molecule has 0 aromatic carbocycles. The van der Waals surface area contributed by atoms with E-state index in [9.17, 15) is 0 Å². The van der Waals surface area contributed by atoms with E-state index in [-0.39, 0.29) is 51.4 Å². The average molecular weight is 204 g/mol. The molecule has 0 bridgehead atoms. The van der Waals surface area contributed by atoms with Gasteiger partial charge in [-0.05, 0) is 20.8 Å². The summed E-state index contributed by atoms with van der Waals surface area (Å²) in [6, 6.07) is 0. The molecule has 5 heteroatoms. The van der Waals surface area contributed by atoms with Crippen molar-refractivity contribution in [1.82, 2.24) is 0 Å². The fraction of sp³-hybridized carbons (Fsp3) is 1.00. The molecule has 0 aliphatic heterocycles. The van der Waals surface area contributed by atoms with E-state index >= 15 is 0 Å². The van der Waals surface area contributed by atoms with Gasteiger partial charge in [0, 0.05) is 19.8 Å². The van der Waals surface area contributed by atoms with Crippen LogP contribution in [0.1, 0.15) is 20.8 Å². The molecule has 0 radical (unpaired) electrons. The van der Waals surface area contributed by atoms with Crippen molar-refractivity contribution in [3.05, 3.63) is 0 Å². The molecule has 0 spiro atoms. The molecule has 0 rings (SSSR count). The molecule has 0 aromatic rings. The molecule has 0 amide bonds. The first-order valence-electron chi connectivity index (χ1n) is 3.69. The fourth-order valence-corrected chi connectivity index (χ4v) is 1.66. The maximum atomic E-state index is 5.22. The summed E-state index contributed by atoms with van der Waals surface area (Å²) in [5.74, 6) is 0. The van der Waals surface area contributed by atoms with Crippen LogP contribution in [0.25, 0.3) is 0 Å². The Balaban J connectivity index is 0. The van der Waals surface area contributed by atoms with Gasteiger partial charge in [0.2, 0.25) is 0 Å². The third-order valence-electron chi connectivity index (χ3n) is 0.908. The van der Waals surface area contributed by atoms with Crippen molar-refractivity contribution in [2.24, 2.45) is 0 Å². The van der Waals surface area contributed by atoms with Crippen LogP contribution in [0.3, 0.4) is 0 Å². The van der Waals surface area contributed by atoms with Gasteiger partial charge in [-0.2, -0.15) is 0 Å². The molecular weight excluding hydrogens is 187 g/mol. The molecule has 3 nitrogen and oxygen atoms in total. The van der Waals surface area contributed by atoms with Gasteiger partial charge in [0.1, 0.15) is 0 Å². The van der Waals surface area contributed by atoms with Gasteiger partial charge in [-0.3, -0.25) is 0 Å². The molecule has 64 valence electrons. The summed E-state index contributed by atoms with van der Waals surface area (Å²) in [7, 11) is -1.73. The van der Waals surface area contributed by atoms with Crippen molar-refractivity contribution in [3.8, 4) is 0 Å². The van der Waals surface area contributed by atoms with E-state index in [1.165, 1.54) is 0 Å². The van der Waals surface area contributed by atoms with Crippen molar-refractivity contribution in [3.63, 3.8) is 0 Å². The van der Waals surface area contributed by atoms with Crippen molar-refractivity contribution in [2.75, 3.05) is 19.8 Å². The van der Waals surface area contributed by atoms with E-state index in [4.69, 9.17) is 13.3 Å². The van der Waals surface area contributed by atoms with E-state index in [0.29, 0.717) is 19.8 Å². The van der Waals surface area contributed by atoms with Crippen LogP contribution < -0.4 is 0 Å². The van der Waals surface area contributed by atoms with Crippen molar-refractivity contribution < 1.29 is 13.3 Å². The fourth-order valence-electron chi connectivity index (χ4n) is 0.553. The minimum atomic E-state index is -1.73. The predicted octanol–water partition coefficient (Wildman–Crippen LogP) is 0.165. The second-order valence-corrected chi connectivity index (χ2v) is 3.23. The molecule has 0 fully saturated rings. The standard InChI is InChI=1S/C6H16O3Si.K.H/c1-4-7-10(8-5-2)9-6-3;;/h10H,4-6H2,1-3H3;;. The number of rotatable bonds is 6. The SMILES string of the molecule is CCO[SiH](OCC)OCC.[KH]. The van der Waals surface area contributed by atoms with Crippen LogP contribution in [-0.2, 0) is 13.3 Å². The first kappa shape index (κ1) is 15.2. The Morgan fingerprint density at radius 2 is 1.09 bits per heavy atom. The Bertz CT molecular complexity index is 60.6. The Kier molecular flexibility index (Phi) is 16.2. The Morgan fingerprint density at radius 3 is 1.27 bits per heavy atom. The van der Waals surface area contributed by atoms with Gasteiger partial charge in [0.15, 0.2) is 0 Å². The van der Waals surface area contributed by atoms with Crippen molar-refractivity contribution in [1.29, 1.82) is 0 Å². The summed E-state index contributed by atoms with van der Waals surface area (Å²) < 4.78 is 15.7. The summed E-state index contributed by atoms with van der Waals surface area (Å²) >= 11 is 0.